The third-order valence-corrected chi connectivity index (χ3v) is 2.49. The largest absolute Gasteiger partial charge is 0.487 e. The number of anilines is 1. The third kappa shape index (κ3) is 2.66. The van der Waals surface area contributed by atoms with E-state index in [0.717, 1.165) is 5.69 Å². The maximum Gasteiger partial charge on any atom is 0.180 e. The number of hydrogen-bond donors (Lipinski definition) is 1. The van der Waals surface area contributed by atoms with Gasteiger partial charge < -0.3 is 10.5 Å². The lowest BCUT2D eigenvalue weighted by Gasteiger charge is -2.03. The first-order valence-electron chi connectivity index (χ1n) is 4.32. The molecule has 1 heterocycles. The molecule has 0 saturated heterocycles. The van der Waals surface area contributed by atoms with E-state index in [4.69, 9.17) is 10.5 Å². The van der Waals surface area contributed by atoms with Crippen LogP contribution in [-0.4, -0.2) is 4.98 Å². The highest BCUT2D eigenvalue weighted by Gasteiger charge is 2.00. The van der Waals surface area contributed by atoms with Crippen LogP contribution in [-0.2, 0) is 6.61 Å². The third-order valence-electron chi connectivity index (χ3n) is 1.77. The second-order valence-corrected chi connectivity index (χ2v) is 3.81. The summed E-state index contributed by atoms with van der Waals surface area (Å²) in [5.74, 6) is 0.336. The predicted octanol–water partition coefficient (Wildman–Crippen LogP) is 2.44. The lowest BCUT2D eigenvalue weighted by molar-refractivity contribution is 0.302. The quantitative estimate of drug-likeness (QED) is 0.871. The molecule has 0 aliphatic heterocycles. The fourth-order valence-electron chi connectivity index (χ4n) is 1.08. The summed E-state index contributed by atoms with van der Waals surface area (Å²) in [5.41, 5.74) is 6.25. The van der Waals surface area contributed by atoms with Gasteiger partial charge in [-0.25, -0.2) is 9.37 Å². The van der Waals surface area contributed by atoms with Gasteiger partial charge in [-0.15, -0.1) is 11.3 Å². The van der Waals surface area contributed by atoms with Crippen molar-refractivity contribution in [3.8, 4) is 5.75 Å². The molecule has 0 unspecified atom stereocenters. The highest BCUT2D eigenvalue weighted by Crippen LogP contribution is 2.15. The molecule has 0 saturated carbocycles. The molecule has 5 heteroatoms. The van der Waals surface area contributed by atoms with Gasteiger partial charge in [-0.1, -0.05) is 0 Å². The van der Waals surface area contributed by atoms with E-state index in [0.29, 0.717) is 17.5 Å². The van der Waals surface area contributed by atoms with Gasteiger partial charge >= 0.3 is 0 Å². The van der Waals surface area contributed by atoms with Crippen LogP contribution in [0, 0.1) is 5.82 Å². The van der Waals surface area contributed by atoms with Crippen molar-refractivity contribution in [1.29, 1.82) is 0 Å². The van der Waals surface area contributed by atoms with E-state index in [-0.39, 0.29) is 5.82 Å². The number of hydrogen-bond acceptors (Lipinski definition) is 4. The summed E-state index contributed by atoms with van der Waals surface area (Å²) in [6, 6.07) is 5.85. The Balaban J connectivity index is 1.96. The number of halogens is 1. The molecule has 1 aromatic heterocycles. The van der Waals surface area contributed by atoms with Gasteiger partial charge in [0.25, 0.3) is 0 Å². The Labute approximate surface area is 90.3 Å². The summed E-state index contributed by atoms with van der Waals surface area (Å²) in [4.78, 5) is 4.04. The van der Waals surface area contributed by atoms with Gasteiger partial charge in [-0.05, 0) is 24.3 Å². The van der Waals surface area contributed by atoms with Crippen molar-refractivity contribution in [1.82, 2.24) is 4.98 Å². The van der Waals surface area contributed by atoms with Crippen LogP contribution in [0.5, 0.6) is 5.75 Å². The fraction of sp³-hybridized carbons (Fsp3) is 0.100. The Hall–Kier alpha value is -1.62. The summed E-state index contributed by atoms with van der Waals surface area (Å²) >= 11 is 1.37. The number of rotatable bonds is 3. The van der Waals surface area contributed by atoms with E-state index >= 15 is 0 Å². The Morgan fingerprint density at radius 3 is 2.67 bits per heavy atom. The minimum absolute atomic E-state index is 0.278. The standard InChI is InChI=1S/C10H9FN2OS/c11-7-1-3-9(4-2-7)14-5-8-6-15-10(12)13-8/h1-4,6H,5H2,(H2,12,13). The van der Waals surface area contributed by atoms with Crippen LogP contribution in [0.15, 0.2) is 29.6 Å². The molecule has 1 aromatic carbocycles. The van der Waals surface area contributed by atoms with Crippen LogP contribution < -0.4 is 10.5 Å². The first-order chi connectivity index (χ1) is 7.24. The van der Waals surface area contributed by atoms with Crippen molar-refractivity contribution >= 4 is 16.5 Å². The van der Waals surface area contributed by atoms with Gasteiger partial charge in [0.2, 0.25) is 0 Å². The smallest absolute Gasteiger partial charge is 0.180 e. The molecule has 0 aliphatic rings. The van der Waals surface area contributed by atoms with E-state index in [2.05, 4.69) is 4.98 Å². The molecule has 2 aromatic rings. The average molecular weight is 224 g/mol. The van der Waals surface area contributed by atoms with Crippen molar-refractivity contribution in [2.24, 2.45) is 0 Å². The van der Waals surface area contributed by atoms with Gasteiger partial charge in [0.15, 0.2) is 5.13 Å². The van der Waals surface area contributed by atoms with Gasteiger partial charge in [-0.2, -0.15) is 0 Å². The second-order valence-electron chi connectivity index (χ2n) is 2.92. The monoisotopic (exact) mass is 224 g/mol. The van der Waals surface area contributed by atoms with E-state index in [1.807, 2.05) is 5.38 Å². The Morgan fingerprint density at radius 2 is 2.07 bits per heavy atom. The number of ether oxygens (including phenoxy) is 1. The first-order valence-corrected chi connectivity index (χ1v) is 5.20. The summed E-state index contributed by atoms with van der Waals surface area (Å²) in [6.07, 6.45) is 0. The van der Waals surface area contributed by atoms with Crippen LogP contribution in [0.3, 0.4) is 0 Å². The molecule has 15 heavy (non-hydrogen) atoms. The van der Waals surface area contributed by atoms with Gasteiger partial charge in [0, 0.05) is 5.38 Å². The van der Waals surface area contributed by atoms with Crippen LogP contribution in [0.4, 0.5) is 9.52 Å². The number of benzene rings is 1. The molecule has 0 bridgehead atoms. The number of thiazole rings is 1. The number of aromatic nitrogens is 1. The maximum absolute atomic E-state index is 12.6. The minimum atomic E-state index is -0.278. The molecular weight excluding hydrogens is 215 g/mol. The van der Waals surface area contributed by atoms with Crippen molar-refractivity contribution < 1.29 is 9.13 Å². The van der Waals surface area contributed by atoms with Gasteiger partial charge in [0.05, 0.1) is 5.69 Å². The van der Waals surface area contributed by atoms with Gasteiger partial charge in [-0.3, -0.25) is 0 Å². The Morgan fingerprint density at radius 1 is 1.33 bits per heavy atom. The van der Waals surface area contributed by atoms with E-state index < -0.39 is 0 Å². The molecule has 0 aliphatic carbocycles. The number of nitrogen functional groups attached to an aromatic ring is 1. The molecule has 0 atom stereocenters. The van der Waals surface area contributed by atoms with Crippen LogP contribution in [0.1, 0.15) is 5.69 Å². The van der Waals surface area contributed by atoms with E-state index in [1.54, 1.807) is 12.1 Å². The summed E-state index contributed by atoms with van der Waals surface area (Å²) in [7, 11) is 0. The minimum Gasteiger partial charge on any atom is -0.487 e. The first kappa shape index (κ1) is 9.92. The summed E-state index contributed by atoms with van der Waals surface area (Å²) in [6.45, 7) is 0.347. The lowest BCUT2D eigenvalue weighted by atomic mass is 10.3. The SMILES string of the molecule is Nc1nc(COc2ccc(F)cc2)cs1. The zero-order valence-corrected chi connectivity index (χ0v) is 8.63. The average Bonchev–Trinajstić information content (AvgIpc) is 2.64. The topological polar surface area (TPSA) is 48.1 Å². The predicted molar refractivity (Wildman–Crippen MR) is 57.3 cm³/mol. The van der Waals surface area contributed by atoms with Gasteiger partial charge in [0.1, 0.15) is 18.2 Å². The van der Waals surface area contributed by atoms with Crippen molar-refractivity contribution in [3.05, 3.63) is 41.2 Å². The summed E-state index contributed by atoms with van der Waals surface area (Å²) < 4.78 is 18.0. The van der Waals surface area contributed by atoms with Crippen molar-refractivity contribution in [2.45, 2.75) is 6.61 Å². The molecule has 2 N–H and O–H groups in total. The molecule has 0 amide bonds. The van der Waals surface area contributed by atoms with E-state index in [9.17, 15) is 4.39 Å². The van der Waals surface area contributed by atoms with Crippen molar-refractivity contribution in [3.63, 3.8) is 0 Å². The molecule has 0 radical (unpaired) electrons. The maximum atomic E-state index is 12.6. The van der Waals surface area contributed by atoms with E-state index in [1.165, 1.54) is 23.5 Å². The number of nitrogens with zero attached hydrogens (tertiary/aromatic N) is 1. The van der Waals surface area contributed by atoms with Crippen molar-refractivity contribution in [2.75, 3.05) is 5.73 Å². The number of nitrogens with two attached hydrogens (primary N) is 1. The molecule has 3 nitrogen and oxygen atoms in total. The van der Waals surface area contributed by atoms with Crippen LogP contribution >= 0.6 is 11.3 Å². The van der Waals surface area contributed by atoms with Crippen LogP contribution in [0.2, 0.25) is 0 Å². The Kier molecular flexibility index (Phi) is 2.82. The normalized spacial score (nSPS) is 10.2. The molecule has 78 valence electrons. The highest BCUT2D eigenvalue weighted by molar-refractivity contribution is 7.13. The molecule has 0 spiro atoms. The zero-order chi connectivity index (χ0) is 10.7. The molecule has 0 fully saturated rings. The highest BCUT2D eigenvalue weighted by atomic mass is 32.1. The second kappa shape index (κ2) is 4.27. The molecule has 2 rings (SSSR count). The molecular formula is C10H9FN2OS. The zero-order valence-electron chi connectivity index (χ0n) is 7.81. The summed E-state index contributed by atoms with van der Waals surface area (Å²) in [5, 5.41) is 2.35. The lowest BCUT2D eigenvalue weighted by Crippen LogP contribution is -1.96. The fourth-order valence-corrected chi connectivity index (χ4v) is 1.62. The Bertz CT molecular complexity index is 441. The van der Waals surface area contributed by atoms with Crippen LogP contribution in [0.25, 0.3) is 0 Å².